The summed E-state index contributed by atoms with van der Waals surface area (Å²) in [5.74, 6) is 0. The van der Waals surface area contributed by atoms with E-state index >= 15 is 0 Å². The van der Waals surface area contributed by atoms with Gasteiger partial charge < -0.3 is 4.74 Å². The molecule has 0 radical (unpaired) electrons. The van der Waals surface area contributed by atoms with Crippen LogP contribution in [0.3, 0.4) is 0 Å². The first-order valence-corrected chi connectivity index (χ1v) is 3.66. The van der Waals surface area contributed by atoms with Crippen LogP contribution >= 0.6 is 0 Å². The summed E-state index contributed by atoms with van der Waals surface area (Å²) in [6.07, 6.45) is 2.73. The van der Waals surface area contributed by atoms with E-state index in [4.69, 9.17) is 4.74 Å². The van der Waals surface area contributed by atoms with Gasteiger partial charge in [0.05, 0.1) is 0 Å². The first-order chi connectivity index (χ1) is 4.29. The number of hydrogen-bond donors (Lipinski definition) is 1. The van der Waals surface area contributed by atoms with Crippen LogP contribution in [-0.2, 0) is 4.74 Å². The minimum atomic E-state index is 0.338. The van der Waals surface area contributed by atoms with Crippen LogP contribution in [0.25, 0.3) is 0 Å². The van der Waals surface area contributed by atoms with E-state index in [-0.39, 0.29) is 0 Å². The maximum absolute atomic E-state index is 5.35. The van der Waals surface area contributed by atoms with Crippen molar-refractivity contribution in [3.05, 3.63) is 0 Å². The van der Waals surface area contributed by atoms with Gasteiger partial charge in [-0.1, -0.05) is 0 Å². The second-order valence-electron chi connectivity index (χ2n) is 2.82. The third-order valence-corrected chi connectivity index (χ3v) is 1.45. The van der Waals surface area contributed by atoms with Crippen LogP contribution < -0.4 is 5.32 Å². The van der Waals surface area contributed by atoms with Crippen molar-refractivity contribution in [2.75, 3.05) is 6.61 Å². The normalized spacial score (nSPS) is 27.7. The van der Waals surface area contributed by atoms with Gasteiger partial charge in [0, 0.05) is 12.6 Å². The fraction of sp³-hybridized carbons (Fsp3) is 1.00. The Morgan fingerprint density at radius 1 is 1.56 bits per heavy atom. The van der Waals surface area contributed by atoms with Crippen LogP contribution in [0.5, 0.6) is 0 Å². The Hall–Kier alpha value is -0.0800. The first-order valence-electron chi connectivity index (χ1n) is 3.66. The van der Waals surface area contributed by atoms with Crippen molar-refractivity contribution in [1.82, 2.24) is 5.32 Å². The molecule has 1 aliphatic rings. The summed E-state index contributed by atoms with van der Waals surface area (Å²) in [5.41, 5.74) is 0. The molecule has 0 aromatic rings. The quantitative estimate of drug-likeness (QED) is 0.603. The zero-order chi connectivity index (χ0) is 6.69. The van der Waals surface area contributed by atoms with Gasteiger partial charge in [-0.2, -0.15) is 0 Å². The van der Waals surface area contributed by atoms with Crippen LogP contribution in [-0.4, -0.2) is 18.9 Å². The van der Waals surface area contributed by atoms with Crippen molar-refractivity contribution in [2.45, 2.75) is 39.0 Å². The summed E-state index contributed by atoms with van der Waals surface area (Å²) in [6, 6.07) is 0.549. The van der Waals surface area contributed by atoms with E-state index in [1.807, 2.05) is 0 Å². The highest BCUT2D eigenvalue weighted by Crippen LogP contribution is 2.09. The first kappa shape index (κ1) is 7.03. The van der Waals surface area contributed by atoms with E-state index in [0.29, 0.717) is 12.3 Å². The Bertz CT molecular complexity index is 77.0. The summed E-state index contributed by atoms with van der Waals surface area (Å²) < 4.78 is 5.35. The third-order valence-electron chi connectivity index (χ3n) is 1.45. The molecule has 0 saturated carbocycles. The number of hydrogen-bond acceptors (Lipinski definition) is 2. The molecular formula is C7H15NO. The van der Waals surface area contributed by atoms with Crippen molar-refractivity contribution in [2.24, 2.45) is 0 Å². The van der Waals surface area contributed by atoms with Crippen molar-refractivity contribution < 1.29 is 4.74 Å². The average molecular weight is 129 g/mol. The van der Waals surface area contributed by atoms with Crippen LogP contribution in [0, 0.1) is 0 Å². The van der Waals surface area contributed by atoms with Crippen LogP contribution in [0.2, 0.25) is 0 Å². The molecule has 2 heteroatoms. The Labute approximate surface area is 56.6 Å². The minimum Gasteiger partial charge on any atom is -0.363 e. The van der Waals surface area contributed by atoms with Gasteiger partial charge in [0.1, 0.15) is 6.23 Å². The lowest BCUT2D eigenvalue weighted by Gasteiger charge is -2.14. The molecule has 1 atom stereocenters. The molecule has 0 aliphatic carbocycles. The molecule has 1 unspecified atom stereocenters. The molecule has 9 heavy (non-hydrogen) atoms. The molecule has 54 valence electrons. The number of ether oxygens (including phenoxy) is 1. The van der Waals surface area contributed by atoms with Gasteiger partial charge in [-0.15, -0.1) is 0 Å². The summed E-state index contributed by atoms with van der Waals surface area (Å²) in [4.78, 5) is 0. The Balaban J connectivity index is 2.11. The van der Waals surface area contributed by atoms with E-state index in [2.05, 4.69) is 19.2 Å². The zero-order valence-corrected chi connectivity index (χ0v) is 6.18. The van der Waals surface area contributed by atoms with E-state index in [1.54, 1.807) is 0 Å². The third kappa shape index (κ3) is 2.33. The standard InChI is InChI=1S/C7H15NO/c1-6(2)8-7-4-3-5-9-7/h6-8H,3-5H2,1-2H3. The number of nitrogens with one attached hydrogen (secondary N) is 1. The lowest BCUT2D eigenvalue weighted by molar-refractivity contribution is 0.0775. The highest BCUT2D eigenvalue weighted by atomic mass is 16.5. The van der Waals surface area contributed by atoms with Crippen molar-refractivity contribution in [3.8, 4) is 0 Å². The lowest BCUT2D eigenvalue weighted by Crippen LogP contribution is -2.33. The molecule has 0 spiro atoms. The van der Waals surface area contributed by atoms with Gasteiger partial charge in [-0.25, -0.2) is 0 Å². The van der Waals surface area contributed by atoms with Gasteiger partial charge >= 0.3 is 0 Å². The highest BCUT2D eigenvalue weighted by molar-refractivity contribution is 4.64. The highest BCUT2D eigenvalue weighted by Gasteiger charge is 2.14. The average Bonchev–Trinajstić information content (AvgIpc) is 2.15. The van der Waals surface area contributed by atoms with Crippen LogP contribution in [0.15, 0.2) is 0 Å². The summed E-state index contributed by atoms with van der Waals surface area (Å²) >= 11 is 0. The van der Waals surface area contributed by atoms with E-state index < -0.39 is 0 Å². The fourth-order valence-electron chi connectivity index (χ4n) is 1.08. The monoisotopic (exact) mass is 129 g/mol. The predicted octanol–water partition coefficient (Wildman–Crippen LogP) is 1.12. The summed E-state index contributed by atoms with van der Waals surface area (Å²) in [5, 5.41) is 3.32. The SMILES string of the molecule is CC(C)NC1CCCO1. The van der Waals surface area contributed by atoms with E-state index in [9.17, 15) is 0 Å². The van der Waals surface area contributed by atoms with Crippen molar-refractivity contribution in [1.29, 1.82) is 0 Å². The van der Waals surface area contributed by atoms with E-state index in [0.717, 1.165) is 6.61 Å². The molecule has 1 rings (SSSR count). The molecule has 1 aliphatic heterocycles. The molecule has 1 fully saturated rings. The van der Waals surface area contributed by atoms with Gasteiger partial charge in [-0.3, -0.25) is 5.32 Å². The summed E-state index contributed by atoms with van der Waals surface area (Å²) in [7, 11) is 0. The zero-order valence-electron chi connectivity index (χ0n) is 6.18. The molecule has 0 amide bonds. The molecule has 0 aromatic carbocycles. The minimum absolute atomic E-state index is 0.338. The Kier molecular flexibility index (Phi) is 2.49. The fourth-order valence-corrected chi connectivity index (χ4v) is 1.08. The van der Waals surface area contributed by atoms with Gasteiger partial charge in [0.2, 0.25) is 0 Å². The van der Waals surface area contributed by atoms with Crippen LogP contribution in [0.1, 0.15) is 26.7 Å². The smallest absolute Gasteiger partial charge is 0.108 e. The van der Waals surface area contributed by atoms with Crippen LogP contribution in [0.4, 0.5) is 0 Å². The van der Waals surface area contributed by atoms with Crippen molar-refractivity contribution >= 4 is 0 Å². The van der Waals surface area contributed by atoms with Gasteiger partial charge in [0.25, 0.3) is 0 Å². The molecule has 1 N–H and O–H groups in total. The van der Waals surface area contributed by atoms with E-state index in [1.165, 1.54) is 12.8 Å². The van der Waals surface area contributed by atoms with Gasteiger partial charge in [0.15, 0.2) is 0 Å². The molecule has 0 bridgehead atoms. The maximum atomic E-state index is 5.35. The van der Waals surface area contributed by atoms with Crippen molar-refractivity contribution in [3.63, 3.8) is 0 Å². The lowest BCUT2D eigenvalue weighted by atomic mass is 10.3. The topological polar surface area (TPSA) is 21.3 Å². The molecule has 2 nitrogen and oxygen atoms in total. The largest absolute Gasteiger partial charge is 0.363 e. The second-order valence-corrected chi connectivity index (χ2v) is 2.82. The molecular weight excluding hydrogens is 114 g/mol. The predicted molar refractivity (Wildman–Crippen MR) is 37.2 cm³/mol. The van der Waals surface area contributed by atoms with Gasteiger partial charge in [-0.05, 0) is 26.7 Å². The molecule has 0 aromatic heterocycles. The molecule has 1 heterocycles. The number of rotatable bonds is 2. The maximum Gasteiger partial charge on any atom is 0.108 e. The summed E-state index contributed by atoms with van der Waals surface area (Å²) in [6.45, 7) is 5.22. The molecule has 1 saturated heterocycles. The Morgan fingerprint density at radius 2 is 2.33 bits per heavy atom. The Morgan fingerprint density at radius 3 is 2.78 bits per heavy atom. The second kappa shape index (κ2) is 3.18.